The second-order valence-electron chi connectivity index (χ2n) is 13.1. The zero-order chi connectivity index (χ0) is 29.7. The number of aliphatic hydroxyl groups is 4. The fraction of sp³-hybridized carbons (Fsp3) is 0.966. The lowest BCUT2D eigenvalue weighted by atomic mass is 9.76. The third-order valence-electron chi connectivity index (χ3n) is 9.86. The lowest BCUT2D eigenvalue weighted by Crippen LogP contribution is -2.58. The van der Waals surface area contributed by atoms with Gasteiger partial charge in [0.05, 0.1) is 47.6 Å². The maximum absolute atomic E-state index is 13.7. The minimum Gasteiger partial charge on any atom is -0.459 e. The summed E-state index contributed by atoms with van der Waals surface area (Å²) in [4.78, 5) is 13.7. The SMILES string of the molecule is CC[C@@H](O)[C@@](C)(O)[C@@H]1OC(=O)[C@H](C)[C@@H](O[C@H]2CC(C)(OC)[C@@H](O)C(C)O2)[C@H](C)[C@@H](O)[C@@]2(C)CC(C)C(O2)[C@@H]1C. The van der Waals surface area contributed by atoms with Crippen LogP contribution in [-0.2, 0) is 28.5 Å². The van der Waals surface area contributed by atoms with Gasteiger partial charge in [0.1, 0.15) is 17.8 Å². The molecule has 2 bridgehead atoms. The molecule has 3 aliphatic rings. The van der Waals surface area contributed by atoms with Gasteiger partial charge in [-0.15, -0.1) is 0 Å². The number of hydrogen-bond acceptors (Lipinski definition) is 10. The van der Waals surface area contributed by atoms with Crippen LogP contribution in [0.3, 0.4) is 0 Å². The van der Waals surface area contributed by atoms with Crippen LogP contribution in [0.2, 0.25) is 0 Å². The van der Waals surface area contributed by atoms with E-state index in [1.807, 2.05) is 27.7 Å². The van der Waals surface area contributed by atoms with Crippen molar-refractivity contribution >= 4 is 5.97 Å². The summed E-state index contributed by atoms with van der Waals surface area (Å²) >= 11 is 0. The van der Waals surface area contributed by atoms with Crippen LogP contribution in [0.15, 0.2) is 0 Å². The molecule has 10 nitrogen and oxygen atoms in total. The van der Waals surface area contributed by atoms with Crippen LogP contribution in [-0.4, -0.2) is 99.3 Å². The van der Waals surface area contributed by atoms with Gasteiger partial charge in [-0.1, -0.05) is 27.7 Å². The Hall–Kier alpha value is -0.850. The molecule has 39 heavy (non-hydrogen) atoms. The van der Waals surface area contributed by atoms with Crippen LogP contribution in [0, 0.1) is 23.7 Å². The Morgan fingerprint density at radius 1 is 1.08 bits per heavy atom. The Kier molecular flexibility index (Phi) is 9.88. The summed E-state index contributed by atoms with van der Waals surface area (Å²) in [6.45, 7) is 16.0. The van der Waals surface area contributed by atoms with E-state index in [4.69, 9.17) is 23.7 Å². The van der Waals surface area contributed by atoms with Crippen molar-refractivity contribution in [1.82, 2.24) is 0 Å². The van der Waals surface area contributed by atoms with Crippen molar-refractivity contribution in [2.24, 2.45) is 23.7 Å². The molecule has 3 saturated heterocycles. The van der Waals surface area contributed by atoms with Crippen LogP contribution in [0.5, 0.6) is 0 Å². The third-order valence-corrected chi connectivity index (χ3v) is 9.86. The highest BCUT2D eigenvalue weighted by Crippen LogP contribution is 2.46. The summed E-state index contributed by atoms with van der Waals surface area (Å²) in [5.74, 6) is -2.54. The van der Waals surface area contributed by atoms with Crippen molar-refractivity contribution in [2.45, 2.75) is 147 Å². The number of ether oxygens (including phenoxy) is 5. The lowest BCUT2D eigenvalue weighted by molar-refractivity contribution is -0.299. The zero-order valence-corrected chi connectivity index (χ0v) is 25.3. The predicted molar refractivity (Wildman–Crippen MR) is 143 cm³/mol. The fourth-order valence-corrected chi connectivity index (χ4v) is 7.15. The van der Waals surface area contributed by atoms with Crippen LogP contribution in [0.4, 0.5) is 0 Å². The van der Waals surface area contributed by atoms with Crippen LogP contribution in [0.25, 0.3) is 0 Å². The molecule has 4 unspecified atom stereocenters. The number of aliphatic hydroxyl groups excluding tert-OH is 3. The van der Waals surface area contributed by atoms with E-state index in [0.717, 1.165) is 0 Å². The average molecular weight is 561 g/mol. The molecule has 0 spiro atoms. The largest absolute Gasteiger partial charge is 0.459 e. The Bertz CT molecular complexity index is 852. The molecule has 0 aromatic heterocycles. The number of carbonyl (C=O) groups excluding carboxylic acids is 1. The monoisotopic (exact) mass is 560 g/mol. The van der Waals surface area contributed by atoms with Crippen LogP contribution >= 0.6 is 0 Å². The van der Waals surface area contributed by atoms with Gasteiger partial charge in [-0.05, 0) is 53.4 Å². The molecule has 3 fully saturated rings. The Balaban J connectivity index is 2.02. The average Bonchev–Trinajstić information content (AvgIpc) is 3.20. The quantitative estimate of drug-likeness (QED) is 0.357. The summed E-state index contributed by atoms with van der Waals surface area (Å²) in [5.41, 5.74) is -3.61. The number of rotatable bonds is 6. The van der Waals surface area contributed by atoms with Crippen LogP contribution < -0.4 is 0 Å². The summed E-state index contributed by atoms with van der Waals surface area (Å²) in [6, 6.07) is 0. The lowest BCUT2D eigenvalue weighted by Gasteiger charge is -2.46. The molecule has 15 atom stereocenters. The van der Waals surface area contributed by atoms with E-state index >= 15 is 0 Å². The maximum atomic E-state index is 13.7. The van der Waals surface area contributed by atoms with Crippen molar-refractivity contribution in [3.63, 3.8) is 0 Å². The van der Waals surface area contributed by atoms with Gasteiger partial charge in [0, 0.05) is 25.4 Å². The molecule has 0 aliphatic carbocycles. The molecule has 4 N–H and O–H groups in total. The Morgan fingerprint density at radius 2 is 1.69 bits per heavy atom. The molecular formula is C29H52O10. The van der Waals surface area contributed by atoms with Crippen molar-refractivity contribution in [2.75, 3.05) is 7.11 Å². The van der Waals surface area contributed by atoms with Gasteiger partial charge in [-0.25, -0.2) is 0 Å². The van der Waals surface area contributed by atoms with E-state index in [2.05, 4.69) is 0 Å². The molecule has 3 rings (SSSR count). The standard InChI is InChI=1S/C29H52O10/c1-11-19(30)29(9,34)25-16(4)21-14(2)12-28(8,39-21)23(31)15(3)22(17(5)26(33)38-25)37-20-13-27(7,35-10)24(32)18(6)36-20/h14-25,30-32,34H,11-13H2,1-10H3/t14?,15-,16-,17+,18?,19+,20-,21?,22-,23+,24-,25+,27?,28+,29+/m0/s1. The van der Waals surface area contributed by atoms with Crippen molar-refractivity contribution in [3.05, 3.63) is 0 Å². The molecule has 0 radical (unpaired) electrons. The Labute approximate surface area is 233 Å². The van der Waals surface area contributed by atoms with Gasteiger partial charge < -0.3 is 44.1 Å². The normalized spacial score (nSPS) is 50.0. The fourth-order valence-electron chi connectivity index (χ4n) is 7.15. The van der Waals surface area contributed by atoms with E-state index in [0.29, 0.717) is 6.42 Å². The molecule has 0 amide bonds. The summed E-state index contributed by atoms with van der Waals surface area (Å²) in [7, 11) is 1.52. The van der Waals surface area contributed by atoms with Crippen molar-refractivity contribution in [1.29, 1.82) is 0 Å². The molecule has 0 aromatic carbocycles. The number of carbonyl (C=O) groups is 1. The molecule has 0 saturated carbocycles. The first-order valence-electron chi connectivity index (χ1n) is 14.4. The molecule has 3 heterocycles. The first-order valence-corrected chi connectivity index (χ1v) is 14.4. The summed E-state index contributed by atoms with van der Waals surface area (Å²) in [6.07, 6.45) is -5.73. The number of methoxy groups -OCH3 is 1. The minimum absolute atomic E-state index is 0.00901. The van der Waals surface area contributed by atoms with Crippen molar-refractivity contribution in [3.8, 4) is 0 Å². The number of esters is 1. The zero-order valence-electron chi connectivity index (χ0n) is 25.3. The smallest absolute Gasteiger partial charge is 0.311 e. The second kappa shape index (κ2) is 11.8. The Morgan fingerprint density at radius 3 is 2.26 bits per heavy atom. The second-order valence-corrected chi connectivity index (χ2v) is 13.1. The molecule has 228 valence electrons. The van der Waals surface area contributed by atoms with Gasteiger partial charge in [0.2, 0.25) is 0 Å². The van der Waals surface area contributed by atoms with Crippen molar-refractivity contribution < 1.29 is 48.9 Å². The third kappa shape index (κ3) is 6.04. The molecule has 10 heteroatoms. The van der Waals surface area contributed by atoms with Gasteiger partial charge in [0.15, 0.2) is 6.29 Å². The molecule has 0 aromatic rings. The van der Waals surface area contributed by atoms with Gasteiger partial charge >= 0.3 is 5.97 Å². The van der Waals surface area contributed by atoms with Gasteiger partial charge in [0.25, 0.3) is 0 Å². The highest BCUT2D eigenvalue weighted by atomic mass is 16.7. The maximum Gasteiger partial charge on any atom is 0.311 e. The van der Waals surface area contributed by atoms with Crippen LogP contribution in [0.1, 0.15) is 81.6 Å². The number of cyclic esters (lactones) is 1. The van der Waals surface area contributed by atoms with E-state index in [1.165, 1.54) is 14.0 Å². The topological polar surface area (TPSA) is 144 Å². The van der Waals surface area contributed by atoms with E-state index in [9.17, 15) is 25.2 Å². The van der Waals surface area contributed by atoms with E-state index < -0.39 is 89.5 Å². The first-order chi connectivity index (χ1) is 17.9. The highest BCUT2D eigenvalue weighted by molar-refractivity contribution is 5.73. The number of fused-ring (bicyclic) bond motifs is 2. The summed E-state index contributed by atoms with van der Waals surface area (Å²) < 4.78 is 30.6. The number of hydrogen-bond donors (Lipinski definition) is 4. The van der Waals surface area contributed by atoms with E-state index in [1.54, 1.807) is 27.7 Å². The highest BCUT2D eigenvalue weighted by Gasteiger charge is 2.57. The first kappa shape index (κ1) is 32.7. The molecule has 3 aliphatic heterocycles. The molecular weight excluding hydrogens is 508 g/mol. The summed E-state index contributed by atoms with van der Waals surface area (Å²) in [5, 5.41) is 44.5. The predicted octanol–water partition coefficient (Wildman–Crippen LogP) is 2.17. The minimum atomic E-state index is -1.74. The van der Waals surface area contributed by atoms with E-state index in [-0.39, 0.29) is 18.8 Å². The van der Waals surface area contributed by atoms with Gasteiger partial charge in [-0.3, -0.25) is 4.79 Å². The van der Waals surface area contributed by atoms with Gasteiger partial charge in [-0.2, -0.15) is 0 Å².